The van der Waals surface area contributed by atoms with Crippen molar-refractivity contribution in [1.82, 2.24) is 0 Å². The van der Waals surface area contributed by atoms with Crippen molar-refractivity contribution in [3.63, 3.8) is 0 Å². The number of hydrogen-bond donors (Lipinski definition) is 0. The van der Waals surface area contributed by atoms with Gasteiger partial charge < -0.3 is 0 Å². The Morgan fingerprint density at radius 2 is 0.864 bits per heavy atom. The highest BCUT2D eigenvalue weighted by atomic mass is 19.1. The maximum absolute atomic E-state index is 13.5. The molecule has 2 aliphatic heterocycles. The van der Waals surface area contributed by atoms with E-state index >= 15 is 0 Å². The van der Waals surface area contributed by atoms with E-state index < -0.39 is 0 Å². The summed E-state index contributed by atoms with van der Waals surface area (Å²) in [6.07, 6.45) is 10.6. The third kappa shape index (κ3) is 5.61. The van der Waals surface area contributed by atoms with Gasteiger partial charge in [-0.2, -0.15) is 9.15 Å². The van der Waals surface area contributed by atoms with Crippen LogP contribution in [0.2, 0.25) is 0 Å². The fraction of sp³-hybridized carbons (Fsp3) is 0.250. The monoisotopic (exact) mass is 586 g/mol. The number of para-hydroxylation sites is 2. The zero-order chi connectivity index (χ0) is 30.9. The number of nitrogens with zero attached hydrogens (tertiary/aromatic N) is 2. The molecular formula is C40H40F2N2+2. The molecule has 0 saturated carbocycles. The minimum absolute atomic E-state index is 0.142. The highest BCUT2D eigenvalue weighted by Gasteiger charge is 2.45. The van der Waals surface area contributed by atoms with E-state index in [4.69, 9.17) is 0 Å². The Hall–Kier alpha value is -4.44. The van der Waals surface area contributed by atoms with E-state index in [9.17, 15) is 8.78 Å². The first kappa shape index (κ1) is 29.6. The lowest BCUT2D eigenvalue weighted by atomic mass is 9.81. The molecule has 0 N–H and O–H groups in total. The van der Waals surface area contributed by atoms with E-state index in [1.165, 1.54) is 58.2 Å². The largest absolute Gasteiger partial charge is 0.209 e. The van der Waals surface area contributed by atoms with Crippen LogP contribution in [0, 0.1) is 11.6 Å². The molecule has 0 unspecified atom stereocenters. The van der Waals surface area contributed by atoms with Gasteiger partial charge in [0.15, 0.2) is 11.4 Å². The summed E-state index contributed by atoms with van der Waals surface area (Å²) in [5, 5.41) is 0. The number of unbranched alkanes of at least 4 members (excludes halogenated alkanes) is 1. The Bertz CT molecular complexity index is 1670. The van der Waals surface area contributed by atoms with Gasteiger partial charge in [-0.3, -0.25) is 0 Å². The molecule has 44 heavy (non-hydrogen) atoms. The van der Waals surface area contributed by atoms with Crippen LogP contribution < -0.4 is 0 Å². The highest BCUT2D eigenvalue weighted by molar-refractivity contribution is 6.06. The summed E-state index contributed by atoms with van der Waals surface area (Å²) in [4.78, 5) is 0. The molecule has 0 saturated heterocycles. The second kappa shape index (κ2) is 11.9. The van der Waals surface area contributed by atoms with Crippen LogP contribution in [0.3, 0.4) is 0 Å². The topological polar surface area (TPSA) is 6.02 Å². The van der Waals surface area contributed by atoms with Gasteiger partial charge in [0, 0.05) is 48.3 Å². The first-order chi connectivity index (χ1) is 21.2. The van der Waals surface area contributed by atoms with E-state index in [0.717, 1.165) is 37.1 Å². The second-order valence-electron chi connectivity index (χ2n) is 12.8. The fourth-order valence-corrected chi connectivity index (χ4v) is 6.80. The molecule has 2 heterocycles. The van der Waals surface area contributed by atoms with Crippen LogP contribution in [-0.4, -0.2) is 33.7 Å². The third-order valence-electron chi connectivity index (χ3n) is 9.22. The molecule has 0 spiro atoms. The van der Waals surface area contributed by atoms with Gasteiger partial charge in [0.05, 0.1) is 10.8 Å². The molecule has 0 aromatic heterocycles. The maximum atomic E-state index is 13.5. The molecule has 4 aromatic carbocycles. The second-order valence-corrected chi connectivity index (χ2v) is 12.8. The van der Waals surface area contributed by atoms with E-state index in [1.54, 1.807) is 0 Å². The van der Waals surface area contributed by atoms with Gasteiger partial charge in [-0.25, -0.2) is 8.78 Å². The van der Waals surface area contributed by atoms with Gasteiger partial charge in [0.25, 0.3) is 0 Å². The first-order valence-electron chi connectivity index (χ1n) is 15.5. The van der Waals surface area contributed by atoms with Crippen molar-refractivity contribution in [1.29, 1.82) is 0 Å². The molecule has 0 bridgehead atoms. The quantitative estimate of drug-likeness (QED) is 0.136. The van der Waals surface area contributed by atoms with Gasteiger partial charge in [-0.05, 0) is 75.2 Å². The molecule has 0 radical (unpaired) electrons. The normalized spacial score (nSPS) is 16.8. The van der Waals surface area contributed by atoms with Gasteiger partial charge in [0.2, 0.25) is 11.4 Å². The third-order valence-corrected chi connectivity index (χ3v) is 9.22. The van der Waals surface area contributed by atoms with Crippen molar-refractivity contribution in [2.75, 3.05) is 13.1 Å². The first-order valence-corrected chi connectivity index (χ1v) is 15.5. The molecule has 4 heteroatoms. The summed E-state index contributed by atoms with van der Waals surface area (Å²) in [7, 11) is 0. The predicted molar refractivity (Wildman–Crippen MR) is 179 cm³/mol. The summed E-state index contributed by atoms with van der Waals surface area (Å²) >= 11 is 0. The Kier molecular flexibility index (Phi) is 8.02. The van der Waals surface area contributed by atoms with Crippen LogP contribution >= 0.6 is 0 Å². The average Bonchev–Trinajstić information content (AvgIpc) is 3.37. The number of benzene rings is 4. The maximum Gasteiger partial charge on any atom is 0.209 e. The fourth-order valence-electron chi connectivity index (χ4n) is 6.80. The Labute approximate surface area is 260 Å². The molecule has 222 valence electrons. The van der Waals surface area contributed by atoms with E-state index in [1.807, 2.05) is 24.3 Å². The van der Waals surface area contributed by atoms with Crippen molar-refractivity contribution in [2.24, 2.45) is 0 Å². The summed E-state index contributed by atoms with van der Waals surface area (Å²) in [6.45, 7) is 11.0. The highest BCUT2D eigenvalue weighted by Crippen LogP contribution is 2.41. The number of fused-ring (bicyclic) bond motifs is 2. The summed E-state index contributed by atoms with van der Waals surface area (Å²) in [5.41, 5.74) is 9.38. The molecule has 2 aliphatic rings. The Morgan fingerprint density at radius 1 is 0.500 bits per heavy atom. The van der Waals surface area contributed by atoms with Crippen molar-refractivity contribution < 1.29 is 17.9 Å². The lowest BCUT2D eigenvalue weighted by Gasteiger charge is -2.15. The average molecular weight is 587 g/mol. The SMILES string of the molecule is CC1(C)C(/C=C/c2ccc(F)cc2)=[N+](CCCC[N+]2=C(/C=C/c3ccc(F)cc3)C(C)(C)c3ccccc32)c2ccccc21. The summed E-state index contributed by atoms with van der Waals surface area (Å²) < 4.78 is 31.9. The number of allylic oxidation sites excluding steroid dienone is 2. The lowest BCUT2D eigenvalue weighted by Crippen LogP contribution is -2.28. The van der Waals surface area contributed by atoms with Crippen LogP contribution in [0.4, 0.5) is 20.2 Å². The molecule has 0 fully saturated rings. The minimum atomic E-state index is -0.222. The van der Waals surface area contributed by atoms with Crippen molar-refractivity contribution in [2.45, 2.75) is 51.4 Å². The van der Waals surface area contributed by atoms with Crippen LogP contribution in [0.25, 0.3) is 12.2 Å². The van der Waals surface area contributed by atoms with E-state index in [0.29, 0.717) is 0 Å². The van der Waals surface area contributed by atoms with Crippen molar-refractivity contribution >= 4 is 35.0 Å². The molecule has 6 rings (SSSR count). The Balaban J connectivity index is 1.26. The predicted octanol–water partition coefficient (Wildman–Crippen LogP) is 9.62. The molecule has 0 amide bonds. The molecule has 0 atom stereocenters. The van der Waals surface area contributed by atoms with Crippen LogP contribution in [-0.2, 0) is 10.8 Å². The van der Waals surface area contributed by atoms with Crippen molar-refractivity contribution in [3.05, 3.63) is 143 Å². The zero-order valence-electron chi connectivity index (χ0n) is 26.0. The molecular weight excluding hydrogens is 546 g/mol. The number of rotatable bonds is 9. The zero-order valence-corrected chi connectivity index (χ0v) is 26.0. The molecule has 2 nitrogen and oxygen atoms in total. The van der Waals surface area contributed by atoms with Gasteiger partial charge >= 0.3 is 0 Å². The van der Waals surface area contributed by atoms with Crippen LogP contribution in [0.1, 0.15) is 62.8 Å². The van der Waals surface area contributed by atoms with E-state index in [2.05, 4.69) is 110 Å². The molecule has 0 aliphatic carbocycles. The number of halogens is 2. The Morgan fingerprint density at radius 3 is 1.25 bits per heavy atom. The van der Waals surface area contributed by atoms with Gasteiger partial charge in [0.1, 0.15) is 24.7 Å². The standard InChI is InChI=1S/C40H40F2N2/c1-39(2)33-11-5-7-13-35(33)43(37(39)25-19-29-15-21-31(41)22-16-29)27-9-10-28-44-36-14-8-6-12-34(36)40(3,4)38(44)26-20-30-17-23-32(42)24-18-30/h5-8,11-26H,9-10,27-28H2,1-4H3/q+2/b25-19+,26-20+. The van der Waals surface area contributed by atoms with Gasteiger partial charge in [-0.15, -0.1) is 0 Å². The smallest absolute Gasteiger partial charge is 0.207 e. The van der Waals surface area contributed by atoms with Gasteiger partial charge in [-0.1, -0.05) is 60.7 Å². The summed E-state index contributed by atoms with van der Waals surface area (Å²) in [6, 6.07) is 30.7. The number of hydrogen-bond acceptors (Lipinski definition) is 0. The van der Waals surface area contributed by atoms with Crippen LogP contribution in [0.5, 0.6) is 0 Å². The summed E-state index contributed by atoms with van der Waals surface area (Å²) in [5.74, 6) is -0.444. The van der Waals surface area contributed by atoms with E-state index in [-0.39, 0.29) is 22.5 Å². The van der Waals surface area contributed by atoms with Crippen molar-refractivity contribution in [3.8, 4) is 0 Å². The minimum Gasteiger partial charge on any atom is -0.207 e. The molecule has 4 aromatic rings. The lowest BCUT2D eigenvalue weighted by molar-refractivity contribution is -0.451. The van der Waals surface area contributed by atoms with Crippen LogP contribution in [0.15, 0.2) is 109 Å².